The molecule has 0 radical (unpaired) electrons. The van der Waals surface area contributed by atoms with Gasteiger partial charge in [-0.3, -0.25) is 4.79 Å². The van der Waals surface area contributed by atoms with Crippen molar-refractivity contribution in [1.29, 1.82) is 0 Å². The Morgan fingerprint density at radius 3 is 2.41 bits per heavy atom. The molecule has 1 fully saturated rings. The summed E-state index contributed by atoms with van der Waals surface area (Å²) >= 11 is 0. The smallest absolute Gasteiger partial charge is 0.341 e. The molecule has 0 bridgehead atoms. The molecular formula is C21H19F3N4O4. The van der Waals surface area contributed by atoms with Gasteiger partial charge in [0.2, 0.25) is 5.43 Å². The molecule has 4 rings (SSSR count). The van der Waals surface area contributed by atoms with Gasteiger partial charge in [-0.05, 0) is 12.5 Å². The van der Waals surface area contributed by atoms with Crippen molar-refractivity contribution in [3.8, 4) is 0 Å². The molecule has 0 unspecified atom stereocenters. The van der Waals surface area contributed by atoms with E-state index in [1.54, 1.807) is 0 Å². The Kier molecular flexibility index (Phi) is 5.74. The van der Waals surface area contributed by atoms with Crippen LogP contribution >= 0.6 is 0 Å². The van der Waals surface area contributed by atoms with Crippen LogP contribution in [0.25, 0.3) is 11.0 Å². The first-order chi connectivity index (χ1) is 15.3. The van der Waals surface area contributed by atoms with Gasteiger partial charge in [0.25, 0.3) is 0 Å². The van der Waals surface area contributed by atoms with Crippen molar-refractivity contribution < 1.29 is 28.2 Å². The van der Waals surface area contributed by atoms with Gasteiger partial charge in [-0.1, -0.05) is 0 Å². The minimum absolute atomic E-state index is 0.0161. The summed E-state index contributed by atoms with van der Waals surface area (Å²) in [5.41, 5.74) is -1.20. The standard InChI is InChI=1S/C21H19F3N4O4/c22-11-6-15(23)13(16(24)7-11)9-25-17-8-12-18(30)14(21(31)32)10-28(4-5-29)19(12)26-20(17)27-2-1-3-27/h6-8,10,25,29H,1-5,9H2,(H,31,32). The van der Waals surface area contributed by atoms with Crippen LogP contribution in [0.1, 0.15) is 22.3 Å². The van der Waals surface area contributed by atoms with Gasteiger partial charge in [-0.2, -0.15) is 0 Å². The van der Waals surface area contributed by atoms with Gasteiger partial charge in [0.1, 0.15) is 28.7 Å². The maximum atomic E-state index is 14.1. The number of anilines is 2. The Morgan fingerprint density at radius 2 is 1.84 bits per heavy atom. The van der Waals surface area contributed by atoms with Gasteiger partial charge < -0.3 is 25.0 Å². The molecule has 11 heteroatoms. The topological polar surface area (TPSA) is 108 Å². The number of nitrogens with one attached hydrogen (secondary N) is 1. The van der Waals surface area contributed by atoms with Crippen molar-refractivity contribution >= 4 is 28.5 Å². The first kappa shape index (κ1) is 21.6. The lowest BCUT2D eigenvalue weighted by Gasteiger charge is -2.34. The van der Waals surface area contributed by atoms with Crippen molar-refractivity contribution in [2.75, 3.05) is 29.9 Å². The van der Waals surface area contributed by atoms with Crippen LogP contribution in [0.15, 0.2) is 29.2 Å². The lowest BCUT2D eigenvalue weighted by Crippen LogP contribution is -2.38. The maximum absolute atomic E-state index is 14.1. The van der Waals surface area contributed by atoms with Crippen molar-refractivity contribution in [2.24, 2.45) is 0 Å². The fourth-order valence-corrected chi connectivity index (χ4v) is 3.56. The molecule has 32 heavy (non-hydrogen) atoms. The van der Waals surface area contributed by atoms with E-state index >= 15 is 0 Å². The molecule has 1 saturated heterocycles. The second kappa shape index (κ2) is 8.50. The first-order valence-corrected chi connectivity index (χ1v) is 9.84. The van der Waals surface area contributed by atoms with E-state index in [9.17, 15) is 33.0 Å². The van der Waals surface area contributed by atoms with E-state index in [1.165, 1.54) is 10.6 Å². The number of hydrogen-bond donors (Lipinski definition) is 3. The Balaban J connectivity index is 1.84. The Hall–Kier alpha value is -3.60. The van der Waals surface area contributed by atoms with E-state index in [1.807, 2.05) is 4.90 Å². The van der Waals surface area contributed by atoms with Gasteiger partial charge in [-0.25, -0.2) is 22.9 Å². The van der Waals surface area contributed by atoms with Crippen LogP contribution in [-0.2, 0) is 13.1 Å². The second-order valence-electron chi connectivity index (χ2n) is 7.37. The van der Waals surface area contributed by atoms with E-state index < -0.39 is 40.0 Å². The number of fused-ring (bicyclic) bond motifs is 1. The van der Waals surface area contributed by atoms with Gasteiger partial charge in [0, 0.05) is 50.1 Å². The number of hydrogen-bond acceptors (Lipinski definition) is 6. The third kappa shape index (κ3) is 3.86. The van der Waals surface area contributed by atoms with E-state index in [-0.39, 0.29) is 36.4 Å². The lowest BCUT2D eigenvalue weighted by molar-refractivity contribution is 0.0694. The molecule has 0 spiro atoms. The van der Waals surface area contributed by atoms with Gasteiger partial charge in [-0.15, -0.1) is 0 Å². The van der Waals surface area contributed by atoms with E-state index in [0.717, 1.165) is 12.6 Å². The average Bonchev–Trinajstić information content (AvgIpc) is 2.68. The third-order valence-corrected chi connectivity index (χ3v) is 5.32. The van der Waals surface area contributed by atoms with Crippen LogP contribution in [0.5, 0.6) is 0 Å². The number of halogens is 3. The molecule has 0 amide bonds. The zero-order valence-electron chi connectivity index (χ0n) is 16.7. The molecule has 168 valence electrons. The average molecular weight is 448 g/mol. The summed E-state index contributed by atoms with van der Waals surface area (Å²) in [4.78, 5) is 30.7. The summed E-state index contributed by atoms with van der Waals surface area (Å²) in [7, 11) is 0. The van der Waals surface area contributed by atoms with E-state index in [0.29, 0.717) is 31.0 Å². The van der Waals surface area contributed by atoms with E-state index in [4.69, 9.17) is 0 Å². The number of benzene rings is 1. The molecule has 1 aliphatic heterocycles. The zero-order chi connectivity index (χ0) is 23.0. The van der Waals surface area contributed by atoms with Crippen LogP contribution < -0.4 is 15.6 Å². The summed E-state index contributed by atoms with van der Waals surface area (Å²) < 4.78 is 42.7. The maximum Gasteiger partial charge on any atom is 0.341 e. The quantitative estimate of drug-likeness (QED) is 0.509. The van der Waals surface area contributed by atoms with Gasteiger partial charge >= 0.3 is 5.97 Å². The Labute approximate surface area is 179 Å². The fraction of sp³-hybridized carbons (Fsp3) is 0.286. The number of aromatic nitrogens is 2. The monoisotopic (exact) mass is 448 g/mol. The normalized spacial score (nSPS) is 13.3. The van der Waals surface area contributed by atoms with Gasteiger partial charge in [0.05, 0.1) is 17.7 Å². The highest BCUT2D eigenvalue weighted by molar-refractivity contribution is 5.93. The molecule has 1 aromatic carbocycles. The number of aliphatic hydroxyl groups excluding tert-OH is 1. The predicted molar refractivity (Wildman–Crippen MR) is 111 cm³/mol. The van der Waals surface area contributed by atoms with Crippen LogP contribution in [0.2, 0.25) is 0 Å². The molecule has 2 aromatic heterocycles. The molecule has 0 aliphatic carbocycles. The molecule has 8 nitrogen and oxygen atoms in total. The van der Waals surface area contributed by atoms with Crippen LogP contribution in [-0.4, -0.2) is 45.4 Å². The first-order valence-electron chi connectivity index (χ1n) is 9.84. The SMILES string of the molecule is O=C(O)c1cn(CCO)c2nc(N3CCC3)c(NCc3c(F)cc(F)cc3F)cc2c1=O. The van der Waals surface area contributed by atoms with Crippen molar-refractivity contribution in [3.63, 3.8) is 0 Å². The molecular weight excluding hydrogens is 429 g/mol. The molecule has 3 aromatic rings. The summed E-state index contributed by atoms with van der Waals surface area (Å²) in [6.45, 7) is 0.701. The number of nitrogens with zero attached hydrogens (tertiary/aromatic N) is 3. The molecule has 1 aliphatic rings. The van der Waals surface area contributed by atoms with Crippen molar-refractivity contribution in [2.45, 2.75) is 19.5 Å². The number of rotatable bonds is 7. The second-order valence-corrected chi connectivity index (χ2v) is 7.37. The highest BCUT2D eigenvalue weighted by Crippen LogP contribution is 2.31. The molecule has 3 heterocycles. The minimum atomic E-state index is -1.43. The highest BCUT2D eigenvalue weighted by atomic mass is 19.1. The lowest BCUT2D eigenvalue weighted by atomic mass is 10.1. The number of carboxylic acids is 1. The third-order valence-electron chi connectivity index (χ3n) is 5.32. The summed E-state index contributed by atoms with van der Waals surface area (Å²) in [5, 5.41) is 21.6. The molecule has 3 N–H and O–H groups in total. The highest BCUT2D eigenvalue weighted by Gasteiger charge is 2.24. The van der Waals surface area contributed by atoms with Gasteiger partial charge in [0.15, 0.2) is 5.82 Å². The van der Waals surface area contributed by atoms with Crippen LogP contribution in [0.3, 0.4) is 0 Å². The number of aromatic carboxylic acids is 1. The predicted octanol–water partition coefficient (Wildman–Crippen LogP) is 2.33. The largest absolute Gasteiger partial charge is 0.477 e. The number of carboxylic acid groups (broad SMARTS) is 1. The van der Waals surface area contributed by atoms with Crippen LogP contribution in [0.4, 0.5) is 24.7 Å². The van der Waals surface area contributed by atoms with Crippen molar-refractivity contribution in [1.82, 2.24) is 9.55 Å². The Morgan fingerprint density at radius 1 is 1.16 bits per heavy atom. The summed E-state index contributed by atoms with van der Waals surface area (Å²) in [6.07, 6.45) is 2.04. The molecule has 0 atom stereocenters. The van der Waals surface area contributed by atoms with Crippen LogP contribution in [0, 0.1) is 17.5 Å². The fourth-order valence-electron chi connectivity index (χ4n) is 3.56. The zero-order valence-corrected chi connectivity index (χ0v) is 16.7. The summed E-state index contributed by atoms with van der Waals surface area (Å²) in [6, 6.07) is 2.53. The number of aliphatic hydroxyl groups is 1. The Bertz CT molecular complexity index is 1250. The number of pyridine rings is 2. The summed E-state index contributed by atoms with van der Waals surface area (Å²) in [5.74, 6) is -4.18. The number of carbonyl (C=O) groups is 1. The minimum Gasteiger partial charge on any atom is -0.477 e. The molecule has 0 saturated carbocycles. The van der Waals surface area contributed by atoms with E-state index in [2.05, 4.69) is 10.3 Å². The van der Waals surface area contributed by atoms with Crippen molar-refractivity contribution in [3.05, 3.63) is 63.2 Å².